The number of benzene rings is 1. The summed E-state index contributed by atoms with van der Waals surface area (Å²) < 4.78 is 0.876. The quantitative estimate of drug-likeness (QED) is 0.854. The molecule has 0 aliphatic heterocycles. The largest absolute Gasteiger partial charge is 0.507 e. The average molecular weight is 257 g/mol. The molecular weight excluding hydrogens is 244 g/mol. The van der Waals surface area contributed by atoms with Crippen molar-refractivity contribution in [1.29, 1.82) is 0 Å². The van der Waals surface area contributed by atoms with Crippen molar-refractivity contribution in [3.63, 3.8) is 0 Å². The second-order valence-corrected chi connectivity index (χ2v) is 4.95. The molecule has 1 aromatic rings. The Morgan fingerprint density at radius 1 is 1.43 bits per heavy atom. The van der Waals surface area contributed by atoms with E-state index >= 15 is 0 Å². The summed E-state index contributed by atoms with van der Waals surface area (Å²) in [5.74, 6) is 0.305. The maximum absolute atomic E-state index is 9.83. The Balaban J connectivity index is 2.35. The van der Waals surface area contributed by atoms with Gasteiger partial charge in [0.2, 0.25) is 0 Å². The first kappa shape index (κ1) is 9.99. The highest BCUT2D eigenvalue weighted by molar-refractivity contribution is 9.10. The van der Waals surface area contributed by atoms with Crippen molar-refractivity contribution >= 4 is 15.9 Å². The molecule has 1 aromatic carbocycles. The molecule has 76 valence electrons. The number of phenolic OH excluding ortho intramolecular Hbond substituents is 1. The SMILES string of the molecule is Cc1ccc(Br)c(CC2(O)CC2)c1O. The fourth-order valence-corrected chi connectivity index (χ4v) is 2.01. The lowest BCUT2D eigenvalue weighted by atomic mass is 10.0. The zero-order valence-electron chi connectivity index (χ0n) is 8.05. The lowest BCUT2D eigenvalue weighted by Crippen LogP contribution is -2.11. The van der Waals surface area contributed by atoms with E-state index in [4.69, 9.17) is 0 Å². The van der Waals surface area contributed by atoms with Crippen LogP contribution in [0.5, 0.6) is 5.75 Å². The van der Waals surface area contributed by atoms with Gasteiger partial charge in [-0.2, -0.15) is 0 Å². The van der Waals surface area contributed by atoms with Crippen molar-refractivity contribution in [3.8, 4) is 5.75 Å². The fourth-order valence-electron chi connectivity index (χ4n) is 1.55. The smallest absolute Gasteiger partial charge is 0.122 e. The van der Waals surface area contributed by atoms with E-state index in [9.17, 15) is 10.2 Å². The molecule has 2 N–H and O–H groups in total. The predicted octanol–water partition coefficient (Wildman–Crippen LogP) is 2.53. The highest BCUT2D eigenvalue weighted by Crippen LogP contribution is 2.42. The molecule has 0 aromatic heterocycles. The summed E-state index contributed by atoms with van der Waals surface area (Å²) in [6.45, 7) is 1.86. The van der Waals surface area contributed by atoms with Crippen molar-refractivity contribution in [2.45, 2.75) is 31.8 Å². The Hall–Kier alpha value is -0.540. The van der Waals surface area contributed by atoms with E-state index in [-0.39, 0.29) is 0 Å². The number of hydrogen-bond donors (Lipinski definition) is 2. The van der Waals surface area contributed by atoms with Gasteiger partial charge in [-0.1, -0.05) is 22.0 Å². The van der Waals surface area contributed by atoms with Gasteiger partial charge in [-0.05, 0) is 31.4 Å². The molecule has 0 radical (unpaired) electrons. The van der Waals surface area contributed by atoms with Crippen LogP contribution in [-0.4, -0.2) is 15.8 Å². The number of aryl methyl sites for hydroxylation is 1. The normalized spacial score (nSPS) is 18.2. The summed E-state index contributed by atoms with van der Waals surface area (Å²) in [6, 6.07) is 3.77. The van der Waals surface area contributed by atoms with Crippen LogP contribution in [0.2, 0.25) is 0 Å². The van der Waals surface area contributed by atoms with Gasteiger partial charge in [0, 0.05) is 16.5 Å². The molecule has 1 aliphatic rings. The molecule has 0 amide bonds. The van der Waals surface area contributed by atoms with Crippen LogP contribution in [0.1, 0.15) is 24.0 Å². The van der Waals surface area contributed by atoms with Gasteiger partial charge in [0.15, 0.2) is 0 Å². The lowest BCUT2D eigenvalue weighted by Gasteiger charge is -2.12. The first-order chi connectivity index (χ1) is 6.52. The molecule has 0 saturated heterocycles. The molecule has 1 fully saturated rings. The molecule has 0 unspecified atom stereocenters. The van der Waals surface area contributed by atoms with Crippen molar-refractivity contribution in [2.75, 3.05) is 0 Å². The monoisotopic (exact) mass is 256 g/mol. The standard InChI is InChI=1S/C11H13BrO2/c1-7-2-3-9(12)8(10(7)13)6-11(14)4-5-11/h2-3,13-14H,4-6H2,1H3. The van der Waals surface area contributed by atoms with Crippen LogP contribution in [0, 0.1) is 6.92 Å². The number of halogens is 1. The number of rotatable bonds is 2. The molecule has 0 bridgehead atoms. The fraction of sp³-hybridized carbons (Fsp3) is 0.455. The molecule has 1 saturated carbocycles. The highest BCUT2D eigenvalue weighted by atomic mass is 79.9. The predicted molar refractivity (Wildman–Crippen MR) is 58.4 cm³/mol. The third kappa shape index (κ3) is 1.79. The molecule has 2 nitrogen and oxygen atoms in total. The van der Waals surface area contributed by atoms with E-state index in [2.05, 4.69) is 15.9 Å². The van der Waals surface area contributed by atoms with Crippen LogP contribution < -0.4 is 0 Å². The van der Waals surface area contributed by atoms with Crippen molar-refractivity contribution in [3.05, 3.63) is 27.7 Å². The van der Waals surface area contributed by atoms with Gasteiger partial charge in [-0.3, -0.25) is 0 Å². The van der Waals surface area contributed by atoms with Gasteiger partial charge in [-0.15, -0.1) is 0 Å². The van der Waals surface area contributed by atoms with Crippen LogP contribution in [-0.2, 0) is 6.42 Å². The Labute approximate surface area is 91.7 Å². The summed E-state index contributed by atoms with van der Waals surface area (Å²) in [5.41, 5.74) is 1.12. The Morgan fingerprint density at radius 3 is 2.64 bits per heavy atom. The number of phenols is 1. The van der Waals surface area contributed by atoms with Crippen LogP contribution in [0.25, 0.3) is 0 Å². The summed E-state index contributed by atoms with van der Waals surface area (Å²) in [4.78, 5) is 0. The second kappa shape index (κ2) is 3.24. The highest BCUT2D eigenvalue weighted by Gasteiger charge is 2.41. The maximum Gasteiger partial charge on any atom is 0.122 e. The summed E-state index contributed by atoms with van der Waals surface area (Å²) in [6.07, 6.45) is 2.22. The van der Waals surface area contributed by atoms with Gasteiger partial charge in [0.1, 0.15) is 5.75 Å². The summed E-state index contributed by atoms with van der Waals surface area (Å²) in [5, 5.41) is 19.6. The summed E-state index contributed by atoms with van der Waals surface area (Å²) >= 11 is 3.39. The van der Waals surface area contributed by atoms with E-state index < -0.39 is 5.60 Å². The Morgan fingerprint density at radius 2 is 2.07 bits per heavy atom. The van der Waals surface area contributed by atoms with E-state index in [1.165, 1.54) is 0 Å². The molecule has 3 heteroatoms. The Kier molecular flexibility index (Phi) is 2.32. The minimum absolute atomic E-state index is 0.305. The third-order valence-electron chi connectivity index (χ3n) is 2.76. The lowest BCUT2D eigenvalue weighted by molar-refractivity contribution is 0.149. The molecule has 0 atom stereocenters. The average Bonchev–Trinajstić information content (AvgIpc) is 2.86. The molecular formula is C11H13BrO2. The van der Waals surface area contributed by atoms with Crippen molar-refractivity contribution in [2.24, 2.45) is 0 Å². The molecule has 2 rings (SSSR count). The van der Waals surface area contributed by atoms with Gasteiger partial charge in [0.05, 0.1) is 5.60 Å². The minimum Gasteiger partial charge on any atom is -0.507 e. The first-order valence-corrected chi connectivity index (χ1v) is 5.50. The van der Waals surface area contributed by atoms with Crippen LogP contribution in [0.3, 0.4) is 0 Å². The second-order valence-electron chi connectivity index (χ2n) is 4.09. The zero-order chi connectivity index (χ0) is 10.3. The molecule has 0 heterocycles. The summed E-state index contributed by atoms with van der Waals surface area (Å²) in [7, 11) is 0. The van der Waals surface area contributed by atoms with E-state index in [0.717, 1.165) is 28.4 Å². The minimum atomic E-state index is -0.562. The van der Waals surface area contributed by atoms with Gasteiger partial charge < -0.3 is 10.2 Å². The maximum atomic E-state index is 9.83. The number of aliphatic hydroxyl groups is 1. The van der Waals surface area contributed by atoms with E-state index in [1.54, 1.807) is 0 Å². The van der Waals surface area contributed by atoms with Crippen LogP contribution >= 0.6 is 15.9 Å². The number of hydrogen-bond acceptors (Lipinski definition) is 2. The van der Waals surface area contributed by atoms with E-state index in [0.29, 0.717) is 12.2 Å². The van der Waals surface area contributed by atoms with Crippen LogP contribution in [0.4, 0.5) is 0 Å². The zero-order valence-corrected chi connectivity index (χ0v) is 9.63. The number of aromatic hydroxyl groups is 1. The molecule has 1 aliphatic carbocycles. The Bertz CT molecular complexity index is 370. The first-order valence-electron chi connectivity index (χ1n) is 4.71. The third-order valence-corrected chi connectivity index (χ3v) is 3.50. The topological polar surface area (TPSA) is 40.5 Å². The molecule has 0 spiro atoms. The van der Waals surface area contributed by atoms with E-state index in [1.807, 2.05) is 19.1 Å². The van der Waals surface area contributed by atoms with Crippen molar-refractivity contribution < 1.29 is 10.2 Å². The molecule has 14 heavy (non-hydrogen) atoms. The van der Waals surface area contributed by atoms with Gasteiger partial charge >= 0.3 is 0 Å². The van der Waals surface area contributed by atoms with Gasteiger partial charge in [0.25, 0.3) is 0 Å². The van der Waals surface area contributed by atoms with Gasteiger partial charge in [-0.25, -0.2) is 0 Å². The van der Waals surface area contributed by atoms with Crippen LogP contribution in [0.15, 0.2) is 16.6 Å². The van der Waals surface area contributed by atoms with Crippen molar-refractivity contribution in [1.82, 2.24) is 0 Å².